The van der Waals surface area contributed by atoms with Crippen molar-refractivity contribution in [2.75, 3.05) is 20.0 Å². The van der Waals surface area contributed by atoms with Crippen LogP contribution in [0.2, 0.25) is 5.02 Å². The fourth-order valence-corrected chi connectivity index (χ4v) is 4.10. The van der Waals surface area contributed by atoms with Crippen LogP contribution in [0.15, 0.2) is 57.3 Å². The standard InChI is InChI=1S/C20H18ClN3O3S2/c1-26-17-8-3-13(9-18(17)27-2)10-22-24-19(25)12-29-20-23-16(11-28-20)14-4-6-15(21)7-5-14/h3-11H,12H2,1-2H3,(H,24,25)/b22-10-. The van der Waals surface area contributed by atoms with E-state index in [0.717, 1.165) is 21.2 Å². The lowest BCUT2D eigenvalue weighted by atomic mass is 10.2. The minimum atomic E-state index is -0.213. The van der Waals surface area contributed by atoms with E-state index in [4.69, 9.17) is 21.1 Å². The highest BCUT2D eigenvalue weighted by atomic mass is 35.5. The van der Waals surface area contributed by atoms with Crippen LogP contribution >= 0.6 is 34.7 Å². The number of carbonyl (C=O) groups excluding carboxylic acids is 1. The molecule has 6 nitrogen and oxygen atoms in total. The van der Waals surface area contributed by atoms with Crippen molar-refractivity contribution in [1.29, 1.82) is 0 Å². The SMILES string of the molecule is COc1ccc(/C=N\NC(=O)CSc2nc(-c3ccc(Cl)cc3)cs2)cc1OC. The van der Waals surface area contributed by atoms with Gasteiger partial charge in [-0.1, -0.05) is 35.5 Å². The summed E-state index contributed by atoms with van der Waals surface area (Å²) in [7, 11) is 3.14. The van der Waals surface area contributed by atoms with Gasteiger partial charge in [0.05, 0.1) is 31.9 Å². The molecular formula is C20H18ClN3O3S2. The summed E-state index contributed by atoms with van der Waals surface area (Å²) in [6.07, 6.45) is 1.55. The van der Waals surface area contributed by atoms with Crippen molar-refractivity contribution in [2.24, 2.45) is 5.10 Å². The predicted octanol–water partition coefficient (Wildman–Crippen LogP) is 4.72. The number of rotatable bonds is 8. The van der Waals surface area contributed by atoms with Crippen LogP contribution in [0.3, 0.4) is 0 Å². The van der Waals surface area contributed by atoms with Gasteiger partial charge in [0.1, 0.15) is 0 Å². The number of hydrogen-bond acceptors (Lipinski definition) is 7. The van der Waals surface area contributed by atoms with Gasteiger partial charge < -0.3 is 9.47 Å². The molecule has 3 aromatic rings. The number of methoxy groups -OCH3 is 2. The summed E-state index contributed by atoms with van der Waals surface area (Å²) in [6, 6.07) is 12.9. The Hall–Kier alpha value is -2.55. The van der Waals surface area contributed by atoms with E-state index in [9.17, 15) is 4.79 Å². The van der Waals surface area contributed by atoms with E-state index < -0.39 is 0 Å². The van der Waals surface area contributed by atoms with Gasteiger partial charge in [0.2, 0.25) is 0 Å². The highest BCUT2D eigenvalue weighted by molar-refractivity contribution is 8.01. The molecule has 0 spiro atoms. The quantitative estimate of drug-likeness (QED) is 0.307. The predicted molar refractivity (Wildman–Crippen MR) is 119 cm³/mol. The maximum Gasteiger partial charge on any atom is 0.250 e. The monoisotopic (exact) mass is 447 g/mol. The van der Waals surface area contributed by atoms with Gasteiger partial charge >= 0.3 is 0 Å². The second-order valence-electron chi connectivity index (χ2n) is 5.70. The molecule has 0 radical (unpaired) electrons. The molecule has 0 aliphatic carbocycles. The van der Waals surface area contributed by atoms with Crippen molar-refractivity contribution in [3.63, 3.8) is 0 Å². The summed E-state index contributed by atoms with van der Waals surface area (Å²) >= 11 is 8.77. The number of thioether (sulfide) groups is 1. The number of benzene rings is 2. The maximum absolute atomic E-state index is 12.0. The zero-order valence-electron chi connectivity index (χ0n) is 15.7. The Bertz CT molecular complexity index is 1010. The lowest BCUT2D eigenvalue weighted by molar-refractivity contribution is -0.118. The first-order valence-electron chi connectivity index (χ1n) is 8.47. The van der Waals surface area contributed by atoms with Crippen molar-refractivity contribution in [3.05, 3.63) is 58.4 Å². The summed E-state index contributed by atoms with van der Waals surface area (Å²) in [4.78, 5) is 16.6. The molecule has 0 aliphatic rings. The zero-order valence-corrected chi connectivity index (χ0v) is 18.1. The van der Waals surface area contributed by atoms with Crippen molar-refractivity contribution < 1.29 is 14.3 Å². The average Bonchev–Trinajstić information content (AvgIpc) is 3.21. The van der Waals surface area contributed by atoms with Crippen LogP contribution < -0.4 is 14.9 Å². The normalized spacial score (nSPS) is 10.9. The van der Waals surface area contributed by atoms with Crippen molar-refractivity contribution in [1.82, 2.24) is 10.4 Å². The van der Waals surface area contributed by atoms with Gasteiger partial charge in [-0.2, -0.15) is 5.10 Å². The minimum Gasteiger partial charge on any atom is -0.493 e. The molecule has 0 bridgehead atoms. The minimum absolute atomic E-state index is 0.213. The van der Waals surface area contributed by atoms with E-state index in [1.54, 1.807) is 32.6 Å². The second-order valence-corrected chi connectivity index (χ2v) is 8.22. The van der Waals surface area contributed by atoms with Crippen LogP contribution in [-0.4, -0.2) is 37.1 Å². The van der Waals surface area contributed by atoms with E-state index in [1.807, 2.05) is 35.7 Å². The van der Waals surface area contributed by atoms with Crippen LogP contribution in [-0.2, 0) is 4.79 Å². The molecule has 1 amide bonds. The van der Waals surface area contributed by atoms with Crippen LogP contribution in [0.5, 0.6) is 11.5 Å². The van der Waals surface area contributed by atoms with Gasteiger partial charge in [-0.05, 0) is 35.9 Å². The lowest BCUT2D eigenvalue weighted by Crippen LogP contribution is -2.19. The molecule has 2 aromatic carbocycles. The Morgan fingerprint density at radius 3 is 2.69 bits per heavy atom. The Balaban J connectivity index is 1.50. The Morgan fingerprint density at radius 2 is 1.97 bits per heavy atom. The number of ether oxygens (including phenoxy) is 2. The summed E-state index contributed by atoms with van der Waals surface area (Å²) in [5.41, 5.74) is 5.14. The number of amides is 1. The number of thiazole rings is 1. The lowest BCUT2D eigenvalue weighted by Gasteiger charge is -2.07. The molecule has 3 rings (SSSR count). The number of hydrazone groups is 1. The van der Waals surface area contributed by atoms with Crippen LogP contribution in [0.25, 0.3) is 11.3 Å². The van der Waals surface area contributed by atoms with Crippen LogP contribution in [0.4, 0.5) is 0 Å². The van der Waals surface area contributed by atoms with Gasteiger partial charge in [-0.25, -0.2) is 10.4 Å². The van der Waals surface area contributed by atoms with Gasteiger partial charge in [-0.3, -0.25) is 4.79 Å². The smallest absolute Gasteiger partial charge is 0.250 e. The molecule has 0 saturated carbocycles. The first-order chi connectivity index (χ1) is 14.1. The largest absolute Gasteiger partial charge is 0.493 e. The summed E-state index contributed by atoms with van der Waals surface area (Å²) in [5.74, 6) is 1.23. The summed E-state index contributed by atoms with van der Waals surface area (Å²) in [6.45, 7) is 0. The van der Waals surface area contributed by atoms with Crippen molar-refractivity contribution >= 4 is 46.8 Å². The van der Waals surface area contributed by atoms with E-state index in [2.05, 4.69) is 15.5 Å². The summed E-state index contributed by atoms with van der Waals surface area (Å²) in [5, 5.41) is 6.62. The van der Waals surface area contributed by atoms with Crippen molar-refractivity contribution in [3.8, 4) is 22.8 Å². The highest BCUT2D eigenvalue weighted by Crippen LogP contribution is 2.29. The Morgan fingerprint density at radius 1 is 1.21 bits per heavy atom. The molecule has 0 saturated heterocycles. The average molecular weight is 448 g/mol. The molecule has 0 unspecified atom stereocenters. The molecule has 150 valence electrons. The molecule has 1 aromatic heterocycles. The third-order valence-corrected chi connectivity index (χ3v) is 6.03. The fourth-order valence-electron chi connectivity index (χ4n) is 2.35. The number of hydrogen-bond donors (Lipinski definition) is 1. The third-order valence-electron chi connectivity index (χ3n) is 3.76. The maximum atomic E-state index is 12.0. The molecule has 0 atom stereocenters. The highest BCUT2D eigenvalue weighted by Gasteiger charge is 2.08. The van der Waals surface area contributed by atoms with Gasteiger partial charge in [-0.15, -0.1) is 11.3 Å². The first-order valence-corrected chi connectivity index (χ1v) is 10.7. The fraction of sp³-hybridized carbons (Fsp3) is 0.150. The Labute approximate surface area is 181 Å². The van der Waals surface area contributed by atoms with Gasteiger partial charge in [0, 0.05) is 16.0 Å². The van der Waals surface area contributed by atoms with Gasteiger partial charge in [0.15, 0.2) is 15.8 Å². The molecular weight excluding hydrogens is 430 g/mol. The zero-order chi connectivity index (χ0) is 20.6. The third kappa shape index (κ3) is 5.96. The van der Waals surface area contributed by atoms with Crippen molar-refractivity contribution in [2.45, 2.75) is 4.34 Å². The van der Waals surface area contributed by atoms with Crippen LogP contribution in [0, 0.1) is 0 Å². The number of nitrogens with one attached hydrogen (secondary N) is 1. The second kappa shape index (κ2) is 10.3. The van der Waals surface area contributed by atoms with Gasteiger partial charge in [0.25, 0.3) is 5.91 Å². The van der Waals surface area contributed by atoms with E-state index in [0.29, 0.717) is 16.5 Å². The molecule has 0 aliphatic heterocycles. The van der Waals surface area contributed by atoms with Crippen LogP contribution in [0.1, 0.15) is 5.56 Å². The number of aromatic nitrogens is 1. The number of carbonyl (C=O) groups is 1. The van der Waals surface area contributed by atoms with E-state index in [-0.39, 0.29) is 11.7 Å². The number of halogens is 1. The molecule has 1 heterocycles. The first kappa shape index (κ1) is 21.2. The molecule has 9 heteroatoms. The molecule has 0 fully saturated rings. The van der Waals surface area contributed by atoms with E-state index >= 15 is 0 Å². The molecule has 29 heavy (non-hydrogen) atoms. The molecule has 1 N–H and O–H groups in total. The Kier molecular flexibility index (Phi) is 7.51. The topological polar surface area (TPSA) is 72.8 Å². The summed E-state index contributed by atoms with van der Waals surface area (Å²) < 4.78 is 11.2. The van der Waals surface area contributed by atoms with E-state index in [1.165, 1.54) is 23.1 Å². The number of nitrogens with zero attached hydrogens (tertiary/aromatic N) is 2.